The van der Waals surface area contributed by atoms with Crippen LogP contribution >= 0.6 is 0 Å². The van der Waals surface area contributed by atoms with E-state index >= 15 is 0 Å². The van der Waals surface area contributed by atoms with E-state index in [2.05, 4.69) is 24.5 Å². The lowest BCUT2D eigenvalue weighted by molar-refractivity contribution is 0.108. The zero-order valence-corrected chi connectivity index (χ0v) is 18.8. The van der Waals surface area contributed by atoms with Gasteiger partial charge in [-0.3, -0.25) is 4.39 Å². The Morgan fingerprint density at radius 3 is 2.50 bits per heavy atom. The maximum atomic E-state index is 13.7. The van der Waals surface area contributed by atoms with Crippen LogP contribution in [0.15, 0.2) is 48.5 Å². The molecule has 0 aromatic heterocycles. The number of ether oxygens (including phenoxy) is 1. The molecule has 2 amide bonds. The SMILES string of the molecule is CC(C)COc1ccc(CNC(=O)N(Cc2ccc(F)cc2)[C@H]2CCNC[C@@H]2CF)cc1. The van der Waals surface area contributed by atoms with E-state index in [1.165, 1.54) is 12.1 Å². The lowest BCUT2D eigenvalue weighted by Gasteiger charge is -2.39. The van der Waals surface area contributed by atoms with Gasteiger partial charge in [0.1, 0.15) is 11.6 Å². The van der Waals surface area contributed by atoms with Crippen molar-refractivity contribution >= 4 is 6.03 Å². The second-order valence-electron chi connectivity index (χ2n) is 8.74. The lowest BCUT2D eigenvalue weighted by Crippen LogP contribution is -2.54. The number of hydrogen-bond acceptors (Lipinski definition) is 3. The van der Waals surface area contributed by atoms with Gasteiger partial charge in [0.15, 0.2) is 0 Å². The average Bonchev–Trinajstić information content (AvgIpc) is 2.81. The van der Waals surface area contributed by atoms with Crippen LogP contribution in [0, 0.1) is 17.7 Å². The van der Waals surface area contributed by atoms with Crippen LogP contribution in [0.2, 0.25) is 0 Å². The second-order valence-corrected chi connectivity index (χ2v) is 8.74. The topological polar surface area (TPSA) is 53.6 Å². The van der Waals surface area contributed by atoms with E-state index in [4.69, 9.17) is 4.74 Å². The number of carbonyl (C=O) groups is 1. The largest absolute Gasteiger partial charge is 0.493 e. The number of carbonyl (C=O) groups excluding carboxylic acids is 1. The van der Waals surface area contributed by atoms with E-state index in [1.807, 2.05) is 24.3 Å². The summed E-state index contributed by atoms with van der Waals surface area (Å²) < 4.78 is 32.7. The van der Waals surface area contributed by atoms with Crippen LogP contribution in [0.25, 0.3) is 0 Å². The van der Waals surface area contributed by atoms with Gasteiger partial charge in [0.25, 0.3) is 0 Å². The van der Waals surface area contributed by atoms with Gasteiger partial charge >= 0.3 is 6.03 Å². The molecule has 5 nitrogen and oxygen atoms in total. The molecule has 2 N–H and O–H groups in total. The predicted molar refractivity (Wildman–Crippen MR) is 122 cm³/mol. The highest BCUT2D eigenvalue weighted by Gasteiger charge is 2.33. The van der Waals surface area contributed by atoms with Crippen molar-refractivity contribution in [3.8, 4) is 5.75 Å². The van der Waals surface area contributed by atoms with Crippen LogP contribution in [0.1, 0.15) is 31.4 Å². The smallest absolute Gasteiger partial charge is 0.318 e. The number of nitrogens with zero attached hydrogens (tertiary/aromatic N) is 1. The fraction of sp³-hybridized carbons (Fsp3) is 0.480. The molecule has 0 unspecified atom stereocenters. The summed E-state index contributed by atoms with van der Waals surface area (Å²) in [5.41, 5.74) is 1.76. The summed E-state index contributed by atoms with van der Waals surface area (Å²) in [4.78, 5) is 14.9. The standard InChI is InChI=1S/C25H33F2N3O2/c1-18(2)17-32-23-9-5-19(6-10-23)14-29-25(31)30(16-20-3-7-22(27)8-4-20)24-11-12-28-15-21(24)13-26/h3-10,18,21,24,28H,11-17H2,1-2H3,(H,29,31)/t21-,24-/m0/s1. The number of piperidine rings is 1. The zero-order chi connectivity index (χ0) is 22.9. The molecule has 32 heavy (non-hydrogen) atoms. The van der Waals surface area contributed by atoms with Gasteiger partial charge in [-0.05, 0) is 54.3 Å². The molecule has 0 bridgehead atoms. The third-order valence-corrected chi connectivity index (χ3v) is 5.64. The molecule has 1 heterocycles. The molecule has 2 aromatic carbocycles. The van der Waals surface area contributed by atoms with Crippen molar-refractivity contribution in [3.63, 3.8) is 0 Å². The van der Waals surface area contributed by atoms with Crippen LogP contribution < -0.4 is 15.4 Å². The summed E-state index contributed by atoms with van der Waals surface area (Å²) in [6.45, 7) is 6.26. The highest BCUT2D eigenvalue weighted by atomic mass is 19.1. The van der Waals surface area contributed by atoms with Gasteiger partial charge in [-0.15, -0.1) is 0 Å². The Morgan fingerprint density at radius 2 is 1.84 bits per heavy atom. The molecule has 1 aliphatic heterocycles. The first kappa shape index (κ1) is 24.0. The Balaban J connectivity index is 1.66. The van der Waals surface area contributed by atoms with Crippen LogP contribution in [-0.2, 0) is 13.1 Å². The van der Waals surface area contributed by atoms with E-state index in [0.29, 0.717) is 38.6 Å². The summed E-state index contributed by atoms with van der Waals surface area (Å²) in [5.74, 6) is 0.651. The number of amides is 2. The number of halogens is 2. The fourth-order valence-corrected chi connectivity index (χ4v) is 3.85. The fourth-order valence-electron chi connectivity index (χ4n) is 3.85. The minimum atomic E-state index is -0.497. The Bertz CT molecular complexity index is 843. The molecular formula is C25H33F2N3O2. The number of urea groups is 1. The molecule has 2 aromatic rings. The average molecular weight is 446 g/mol. The molecule has 0 radical (unpaired) electrons. The molecule has 0 saturated carbocycles. The molecule has 0 aliphatic carbocycles. The van der Waals surface area contributed by atoms with Gasteiger partial charge < -0.3 is 20.3 Å². The van der Waals surface area contributed by atoms with Crippen LogP contribution in [0.3, 0.4) is 0 Å². The minimum absolute atomic E-state index is 0.224. The van der Waals surface area contributed by atoms with Gasteiger partial charge in [0, 0.05) is 31.6 Å². The van der Waals surface area contributed by atoms with Crippen LogP contribution in [-0.4, -0.2) is 43.3 Å². The van der Waals surface area contributed by atoms with Gasteiger partial charge in [-0.2, -0.15) is 0 Å². The van der Waals surface area contributed by atoms with Crippen molar-refractivity contribution in [1.82, 2.24) is 15.5 Å². The molecule has 3 rings (SSSR count). The third-order valence-electron chi connectivity index (χ3n) is 5.64. The van der Waals surface area contributed by atoms with Gasteiger partial charge in [-0.1, -0.05) is 38.1 Å². The zero-order valence-electron chi connectivity index (χ0n) is 18.8. The summed E-state index contributed by atoms with van der Waals surface area (Å²) in [6.07, 6.45) is 0.672. The minimum Gasteiger partial charge on any atom is -0.493 e. The third kappa shape index (κ3) is 6.92. The number of hydrogen-bond donors (Lipinski definition) is 2. The first-order chi connectivity index (χ1) is 15.5. The molecule has 1 aliphatic rings. The summed E-state index contributed by atoms with van der Waals surface area (Å²) in [7, 11) is 0. The van der Waals surface area contributed by atoms with Crippen molar-refractivity contribution in [2.45, 2.75) is 39.4 Å². The number of benzene rings is 2. The Labute approximate surface area is 189 Å². The van der Waals surface area contributed by atoms with Crippen molar-refractivity contribution < 1.29 is 18.3 Å². The van der Waals surface area contributed by atoms with Gasteiger partial charge in [0.05, 0.1) is 13.3 Å². The van der Waals surface area contributed by atoms with E-state index in [1.54, 1.807) is 17.0 Å². The monoisotopic (exact) mass is 445 g/mol. The normalized spacial score (nSPS) is 18.4. The Hall–Kier alpha value is -2.67. The lowest BCUT2D eigenvalue weighted by atomic mass is 9.92. The molecular weight excluding hydrogens is 412 g/mol. The molecule has 174 valence electrons. The van der Waals surface area contributed by atoms with Crippen molar-refractivity contribution in [2.24, 2.45) is 11.8 Å². The summed E-state index contributed by atoms with van der Waals surface area (Å²) in [5, 5.41) is 6.17. The number of alkyl halides is 1. The van der Waals surface area contributed by atoms with Crippen molar-refractivity contribution in [1.29, 1.82) is 0 Å². The number of nitrogens with one attached hydrogen (secondary N) is 2. The Kier molecular flexibility index (Phi) is 8.85. The molecule has 2 atom stereocenters. The van der Waals surface area contributed by atoms with E-state index in [9.17, 15) is 13.6 Å². The first-order valence-corrected chi connectivity index (χ1v) is 11.2. The maximum absolute atomic E-state index is 13.7. The van der Waals surface area contributed by atoms with Crippen LogP contribution in [0.4, 0.5) is 13.6 Å². The quantitative estimate of drug-likeness (QED) is 0.597. The maximum Gasteiger partial charge on any atom is 0.318 e. The van der Waals surface area contributed by atoms with Crippen molar-refractivity contribution in [3.05, 3.63) is 65.5 Å². The van der Waals surface area contributed by atoms with Gasteiger partial charge in [0.2, 0.25) is 0 Å². The first-order valence-electron chi connectivity index (χ1n) is 11.2. The summed E-state index contributed by atoms with van der Waals surface area (Å²) in [6, 6.07) is 13.3. The summed E-state index contributed by atoms with van der Waals surface area (Å²) >= 11 is 0. The molecule has 0 spiro atoms. The molecule has 7 heteroatoms. The predicted octanol–water partition coefficient (Wildman–Crippen LogP) is 4.52. The Morgan fingerprint density at radius 1 is 1.16 bits per heavy atom. The van der Waals surface area contributed by atoms with E-state index in [0.717, 1.165) is 23.4 Å². The highest BCUT2D eigenvalue weighted by Crippen LogP contribution is 2.22. The molecule has 1 fully saturated rings. The molecule has 1 saturated heterocycles. The second kappa shape index (κ2) is 11.8. The number of rotatable bonds is 9. The van der Waals surface area contributed by atoms with E-state index in [-0.39, 0.29) is 23.8 Å². The van der Waals surface area contributed by atoms with Crippen LogP contribution in [0.5, 0.6) is 5.75 Å². The van der Waals surface area contributed by atoms with E-state index < -0.39 is 6.67 Å². The van der Waals surface area contributed by atoms with Crippen molar-refractivity contribution in [2.75, 3.05) is 26.4 Å². The van der Waals surface area contributed by atoms with Gasteiger partial charge in [-0.25, -0.2) is 9.18 Å². The highest BCUT2D eigenvalue weighted by molar-refractivity contribution is 5.74.